The van der Waals surface area contributed by atoms with E-state index in [-0.39, 0.29) is 0 Å². The van der Waals surface area contributed by atoms with E-state index in [4.69, 9.17) is 0 Å². The Kier molecular flexibility index (Phi) is 3.11. The summed E-state index contributed by atoms with van der Waals surface area (Å²) < 4.78 is 0. The van der Waals surface area contributed by atoms with Crippen LogP contribution >= 0.6 is 0 Å². The molecule has 0 bridgehead atoms. The molecule has 1 saturated heterocycles. The van der Waals surface area contributed by atoms with Gasteiger partial charge >= 0.3 is 0 Å². The zero-order valence-electron chi connectivity index (χ0n) is 10.7. The van der Waals surface area contributed by atoms with Crippen LogP contribution in [0.4, 0.5) is 0 Å². The second kappa shape index (κ2) is 4.91. The van der Waals surface area contributed by atoms with Gasteiger partial charge in [0.25, 0.3) is 0 Å². The first-order valence-electron chi connectivity index (χ1n) is 6.53. The van der Waals surface area contributed by atoms with Crippen molar-refractivity contribution >= 4 is 0 Å². The Morgan fingerprint density at radius 1 is 0.944 bits per heavy atom. The number of hydrogen-bond acceptors (Lipinski definition) is 2. The lowest BCUT2D eigenvalue weighted by atomic mass is 10.0. The molecular formula is C16H18N2. The Hall–Kier alpha value is -1.67. The molecule has 18 heavy (non-hydrogen) atoms. The average molecular weight is 238 g/mol. The molecule has 2 heteroatoms. The summed E-state index contributed by atoms with van der Waals surface area (Å²) in [6.07, 6.45) is 6.27. The van der Waals surface area contributed by atoms with Gasteiger partial charge in [0.05, 0.1) is 0 Å². The van der Waals surface area contributed by atoms with Crippen LogP contribution < -0.4 is 0 Å². The van der Waals surface area contributed by atoms with Crippen LogP contribution in [0.3, 0.4) is 0 Å². The number of pyridine rings is 1. The summed E-state index contributed by atoms with van der Waals surface area (Å²) in [6, 6.07) is 16.0. The second-order valence-electron chi connectivity index (χ2n) is 4.97. The van der Waals surface area contributed by atoms with E-state index < -0.39 is 0 Å². The highest BCUT2D eigenvalue weighted by Crippen LogP contribution is 2.42. The molecule has 2 atom stereocenters. The number of aromatic nitrogens is 1. The minimum absolute atomic E-state index is 0.504. The van der Waals surface area contributed by atoms with Gasteiger partial charge in [-0.25, -0.2) is 0 Å². The molecule has 1 aromatic heterocycles. The Morgan fingerprint density at radius 3 is 2.28 bits per heavy atom. The fourth-order valence-electron chi connectivity index (χ4n) is 2.99. The highest BCUT2D eigenvalue weighted by molar-refractivity contribution is 5.23. The molecule has 1 aromatic carbocycles. The molecule has 0 amide bonds. The minimum Gasteiger partial charge on any atom is -0.292 e. The van der Waals surface area contributed by atoms with Gasteiger partial charge in [0.2, 0.25) is 0 Å². The molecule has 2 aromatic rings. The van der Waals surface area contributed by atoms with Crippen molar-refractivity contribution in [3.63, 3.8) is 0 Å². The second-order valence-corrected chi connectivity index (χ2v) is 4.97. The predicted molar refractivity (Wildman–Crippen MR) is 73.2 cm³/mol. The minimum atomic E-state index is 0.504. The number of benzene rings is 1. The molecule has 0 aliphatic carbocycles. The van der Waals surface area contributed by atoms with Crippen LogP contribution in [0.15, 0.2) is 54.9 Å². The molecule has 92 valence electrons. The number of nitrogens with zero attached hydrogens (tertiary/aromatic N) is 2. The molecule has 0 saturated carbocycles. The maximum atomic E-state index is 4.23. The molecule has 3 rings (SSSR count). The van der Waals surface area contributed by atoms with Crippen LogP contribution in [0.2, 0.25) is 0 Å². The van der Waals surface area contributed by atoms with Gasteiger partial charge in [0.1, 0.15) is 0 Å². The third kappa shape index (κ3) is 2.04. The van der Waals surface area contributed by atoms with E-state index in [0.29, 0.717) is 12.1 Å². The van der Waals surface area contributed by atoms with Gasteiger partial charge in [-0.2, -0.15) is 0 Å². The van der Waals surface area contributed by atoms with Crippen molar-refractivity contribution in [2.45, 2.75) is 24.9 Å². The molecule has 0 spiro atoms. The van der Waals surface area contributed by atoms with Crippen molar-refractivity contribution in [2.24, 2.45) is 0 Å². The summed E-state index contributed by atoms with van der Waals surface area (Å²) in [5.41, 5.74) is 2.75. The van der Waals surface area contributed by atoms with Crippen LogP contribution in [0, 0.1) is 0 Å². The highest BCUT2D eigenvalue weighted by Gasteiger charge is 2.32. The van der Waals surface area contributed by atoms with Gasteiger partial charge in [-0.1, -0.05) is 36.4 Å². The Balaban J connectivity index is 1.83. The molecular weight excluding hydrogens is 220 g/mol. The Morgan fingerprint density at radius 2 is 1.61 bits per heavy atom. The van der Waals surface area contributed by atoms with E-state index in [0.717, 1.165) is 0 Å². The summed E-state index contributed by atoms with van der Waals surface area (Å²) >= 11 is 0. The summed E-state index contributed by atoms with van der Waals surface area (Å²) in [4.78, 5) is 6.71. The van der Waals surface area contributed by atoms with Gasteiger partial charge in [-0.3, -0.25) is 9.88 Å². The van der Waals surface area contributed by atoms with Crippen molar-refractivity contribution in [1.82, 2.24) is 9.88 Å². The van der Waals surface area contributed by atoms with E-state index in [1.54, 1.807) is 0 Å². The summed E-state index contributed by atoms with van der Waals surface area (Å²) in [5.74, 6) is 0. The molecule has 0 N–H and O–H groups in total. The van der Waals surface area contributed by atoms with Crippen LogP contribution in [0.1, 0.15) is 36.1 Å². The lowest BCUT2D eigenvalue weighted by molar-refractivity contribution is 0.245. The van der Waals surface area contributed by atoms with E-state index in [1.165, 1.54) is 24.0 Å². The predicted octanol–water partition coefficient (Wildman–Crippen LogP) is 3.59. The first kappa shape index (κ1) is 11.4. The van der Waals surface area contributed by atoms with Crippen LogP contribution in [-0.4, -0.2) is 16.9 Å². The summed E-state index contributed by atoms with van der Waals surface area (Å²) in [6.45, 7) is 0. The molecule has 1 fully saturated rings. The third-order valence-corrected chi connectivity index (χ3v) is 3.95. The molecule has 1 aliphatic rings. The zero-order chi connectivity index (χ0) is 12.4. The van der Waals surface area contributed by atoms with Crippen LogP contribution in [0.5, 0.6) is 0 Å². The smallest absolute Gasteiger partial charge is 0.0367 e. The third-order valence-electron chi connectivity index (χ3n) is 3.95. The Labute approximate surface area is 108 Å². The van der Waals surface area contributed by atoms with Gasteiger partial charge in [0.15, 0.2) is 0 Å². The molecule has 1 aliphatic heterocycles. The summed E-state index contributed by atoms with van der Waals surface area (Å²) in [7, 11) is 2.22. The van der Waals surface area contributed by atoms with Crippen LogP contribution in [0.25, 0.3) is 0 Å². The molecule has 0 unspecified atom stereocenters. The van der Waals surface area contributed by atoms with Gasteiger partial charge < -0.3 is 0 Å². The van der Waals surface area contributed by atoms with E-state index >= 15 is 0 Å². The monoisotopic (exact) mass is 238 g/mol. The topological polar surface area (TPSA) is 16.1 Å². The van der Waals surface area contributed by atoms with Crippen molar-refractivity contribution in [2.75, 3.05) is 7.05 Å². The largest absolute Gasteiger partial charge is 0.292 e. The first-order chi connectivity index (χ1) is 8.86. The quantitative estimate of drug-likeness (QED) is 0.795. The van der Waals surface area contributed by atoms with E-state index in [2.05, 4.69) is 53.3 Å². The Bertz CT molecular complexity index is 448. The van der Waals surface area contributed by atoms with Crippen molar-refractivity contribution in [3.8, 4) is 0 Å². The van der Waals surface area contributed by atoms with E-state index in [9.17, 15) is 0 Å². The van der Waals surface area contributed by atoms with Gasteiger partial charge in [-0.05, 0) is 37.1 Å². The van der Waals surface area contributed by atoms with Crippen LogP contribution in [-0.2, 0) is 0 Å². The SMILES string of the molecule is CN1[C@@H](c2ccccc2)CC[C@H]1c1cccnc1. The van der Waals surface area contributed by atoms with Gasteiger partial charge in [-0.15, -0.1) is 0 Å². The maximum Gasteiger partial charge on any atom is 0.0367 e. The first-order valence-corrected chi connectivity index (χ1v) is 6.53. The standard InChI is InChI=1S/C16H18N2/c1-18-15(13-6-3-2-4-7-13)9-10-16(18)14-8-5-11-17-12-14/h2-8,11-12,15-16H,9-10H2,1H3/t15-,16+/m1/s1. The summed E-state index contributed by atoms with van der Waals surface area (Å²) in [5, 5.41) is 0. The van der Waals surface area contributed by atoms with Crippen molar-refractivity contribution < 1.29 is 0 Å². The molecule has 0 radical (unpaired) electrons. The zero-order valence-corrected chi connectivity index (χ0v) is 10.7. The van der Waals surface area contributed by atoms with Gasteiger partial charge in [0, 0.05) is 24.5 Å². The lowest BCUT2D eigenvalue weighted by Crippen LogP contribution is -2.21. The number of likely N-dealkylation sites (tertiary alicyclic amines) is 1. The fraction of sp³-hybridized carbons (Fsp3) is 0.312. The molecule has 2 heterocycles. The number of rotatable bonds is 2. The average Bonchev–Trinajstić information content (AvgIpc) is 2.83. The normalized spacial score (nSPS) is 24.3. The van der Waals surface area contributed by atoms with Crippen molar-refractivity contribution in [3.05, 3.63) is 66.0 Å². The number of hydrogen-bond donors (Lipinski definition) is 0. The van der Waals surface area contributed by atoms with E-state index in [1.807, 2.05) is 18.5 Å². The fourth-order valence-corrected chi connectivity index (χ4v) is 2.99. The maximum absolute atomic E-state index is 4.23. The van der Waals surface area contributed by atoms with Crippen molar-refractivity contribution in [1.29, 1.82) is 0 Å². The lowest BCUT2D eigenvalue weighted by Gasteiger charge is -2.26. The molecule has 2 nitrogen and oxygen atoms in total. The highest BCUT2D eigenvalue weighted by atomic mass is 15.2.